The van der Waals surface area contributed by atoms with Gasteiger partial charge in [-0.05, 0) is 26.0 Å². The van der Waals surface area contributed by atoms with E-state index in [1.165, 1.54) is 0 Å². The maximum Gasteiger partial charge on any atom is 0.330 e. The Labute approximate surface area is 94.8 Å². The molecule has 5 heteroatoms. The summed E-state index contributed by atoms with van der Waals surface area (Å²) in [6.07, 6.45) is 6.33. The molecule has 16 heavy (non-hydrogen) atoms. The average molecular weight is 223 g/mol. The van der Waals surface area contributed by atoms with Gasteiger partial charge in [0.05, 0.1) is 0 Å². The van der Waals surface area contributed by atoms with Crippen molar-refractivity contribution >= 4 is 5.97 Å². The van der Waals surface area contributed by atoms with Crippen molar-refractivity contribution in [1.82, 2.24) is 15.1 Å². The van der Waals surface area contributed by atoms with E-state index in [0.717, 1.165) is 19.5 Å². The molecule has 1 rings (SSSR count). The molecule has 88 valence electrons. The fourth-order valence-electron chi connectivity index (χ4n) is 1.21. The van der Waals surface area contributed by atoms with Crippen LogP contribution in [0.3, 0.4) is 0 Å². The molecule has 0 amide bonds. The predicted molar refractivity (Wildman–Crippen MR) is 61.1 cm³/mol. The molecular weight excluding hydrogens is 206 g/mol. The van der Waals surface area contributed by atoms with E-state index in [4.69, 9.17) is 5.11 Å². The molecule has 0 saturated heterocycles. The minimum absolute atomic E-state index is 0.375. The first-order chi connectivity index (χ1) is 7.70. The van der Waals surface area contributed by atoms with Gasteiger partial charge in [0.1, 0.15) is 0 Å². The summed E-state index contributed by atoms with van der Waals surface area (Å²) < 4.78 is 1.88. The van der Waals surface area contributed by atoms with E-state index in [0.29, 0.717) is 12.1 Å². The maximum absolute atomic E-state index is 10.5. The smallest absolute Gasteiger partial charge is 0.330 e. The van der Waals surface area contributed by atoms with Gasteiger partial charge in [-0.1, -0.05) is 6.08 Å². The number of aliphatic carboxylic acids is 1. The number of carbonyl (C=O) groups is 1. The number of rotatable bonds is 7. The van der Waals surface area contributed by atoms with Crippen LogP contribution in [0, 0.1) is 0 Å². The minimum atomic E-state index is -0.863. The Morgan fingerprint density at radius 2 is 2.44 bits per heavy atom. The van der Waals surface area contributed by atoms with E-state index < -0.39 is 5.97 Å². The summed E-state index contributed by atoms with van der Waals surface area (Å²) in [5.74, 6) is -0.863. The van der Waals surface area contributed by atoms with Crippen molar-refractivity contribution in [1.29, 1.82) is 0 Å². The Morgan fingerprint density at radius 1 is 1.62 bits per heavy atom. The molecule has 0 aromatic carbocycles. The highest BCUT2D eigenvalue weighted by atomic mass is 16.4. The van der Waals surface area contributed by atoms with Gasteiger partial charge < -0.3 is 10.4 Å². The molecular formula is C11H17N3O2. The van der Waals surface area contributed by atoms with Gasteiger partial charge in [-0.15, -0.1) is 0 Å². The third kappa shape index (κ3) is 4.75. The SMILES string of the molecule is C/C(=C/CNCCCn1cccn1)C(=O)O. The molecule has 0 spiro atoms. The minimum Gasteiger partial charge on any atom is -0.478 e. The standard InChI is InChI=1S/C11H17N3O2/c1-10(11(15)16)4-7-12-5-2-8-14-9-3-6-13-14/h3-4,6,9,12H,2,5,7-8H2,1H3,(H,15,16)/b10-4-. The molecule has 0 bridgehead atoms. The first-order valence-electron chi connectivity index (χ1n) is 5.28. The fourth-order valence-corrected chi connectivity index (χ4v) is 1.21. The largest absolute Gasteiger partial charge is 0.478 e. The molecule has 0 radical (unpaired) electrons. The molecule has 1 heterocycles. The van der Waals surface area contributed by atoms with Gasteiger partial charge in [0.2, 0.25) is 0 Å². The average Bonchev–Trinajstić information content (AvgIpc) is 2.75. The Kier molecular flexibility index (Phi) is 5.28. The molecule has 5 nitrogen and oxygen atoms in total. The van der Waals surface area contributed by atoms with Crippen molar-refractivity contribution in [2.45, 2.75) is 19.9 Å². The molecule has 0 aliphatic rings. The number of hydrogen-bond donors (Lipinski definition) is 2. The molecule has 0 atom stereocenters. The lowest BCUT2D eigenvalue weighted by Crippen LogP contribution is -2.17. The van der Waals surface area contributed by atoms with Crippen LogP contribution in [0.2, 0.25) is 0 Å². The zero-order valence-corrected chi connectivity index (χ0v) is 9.39. The normalized spacial score (nSPS) is 11.7. The predicted octanol–water partition coefficient (Wildman–Crippen LogP) is 0.894. The highest BCUT2D eigenvalue weighted by Crippen LogP contribution is 1.90. The monoisotopic (exact) mass is 223 g/mol. The van der Waals surface area contributed by atoms with Crippen molar-refractivity contribution in [3.05, 3.63) is 30.1 Å². The molecule has 0 aliphatic heterocycles. The number of aromatic nitrogens is 2. The second-order valence-corrected chi connectivity index (χ2v) is 3.52. The second-order valence-electron chi connectivity index (χ2n) is 3.52. The third-order valence-electron chi connectivity index (χ3n) is 2.19. The van der Waals surface area contributed by atoms with Crippen LogP contribution in [0.1, 0.15) is 13.3 Å². The maximum atomic E-state index is 10.5. The number of carboxylic acid groups (broad SMARTS) is 1. The van der Waals surface area contributed by atoms with Crippen molar-refractivity contribution < 1.29 is 9.90 Å². The van der Waals surface area contributed by atoms with Gasteiger partial charge in [-0.2, -0.15) is 5.10 Å². The third-order valence-corrected chi connectivity index (χ3v) is 2.19. The quantitative estimate of drug-likeness (QED) is 0.532. The molecule has 0 aliphatic carbocycles. The van der Waals surface area contributed by atoms with Crippen LogP contribution in [0.15, 0.2) is 30.1 Å². The van der Waals surface area contributed by atoms with Crippen LogP contribution in [-0.2, 0) is 11.3 Å². The van der Waals surface area contributed by atoms with Gasteiger partial charge in [0.15, 0.2) is 0 Å². The first-order valence-corrected chi connectivity index (χ1v) is 5.28. The topological polar surface area (TPSA) is 67.2 Å². The fraction of sp³-hybridized carbons (Fsp3) is 0.455. The second kappa shape index (κ2) is 6.79. The Morgan fingerprint density at radius 3 is 3.06 bits per heavy atom. The zero-order valence-electron chi connectivity index (χ0n) is 9.39. The van der Waals surface area contributed by atoms with Crippen LogP contribution in [-0.4, -0.2) is 33.9 Å². The van der Waals surface area contributed by atoms with E-state index in [1.807, 2.05) is 16.9 Å². The lowest BCUT2D eigenvalue weighted by Gasteiger charge is -2.02. The molecule has 0 unspecified atom stereocenters. The molecule has 0 saturated carbocycles. The highest BCUT2D eigenvalue weighted by Gasteiger charge is 1.97. The van der Waals surface area contributed by atoms with E-state index >= 15 is 0 Å². The number of nitrogens with zero attached hydrogens (tertiary/aromatic N) is 2. The van der Waals surface area contributed by atoms with Gasteiger partial charge >= 0.3 is 5.97 Å². The van der Waals surface area contributed by atoms with Crippen LogP contribution < -0.4 is 5.32 Å². The number of carboxylic acids is 1. The number of aryl methyl sites for hydroxylation is 1. The first kappa shape index (κ1) is 12.4. The molecule has 0 fully saturated rings. The number of nitrogens with one attached hydrogen (secondary N) is 1. The molecule has 1 aromatic rings. The molecule has 2 N–H and O–H groups in total. The van der Waals surface area contributed by atoms with Crippen LogP contribution in [0.4, 0.5) is 0 Å². The van der Waals surface area contributed by atoms with Crippen LogP contribution in [0.25, 0.3) is 0 Å². The summed E-state index contributed by atoms with van der Waals surface area (Å²) in [5.41, 5.74) is 0.375. The summed E-state index contributed by atoms with van der Waals surface area (Å²) >= 11 is 0. The number of hydrogen-bond acceptors (Lipinski definition) is 3. The van der Waals surface area contributed by atoms with E-state index in [1.54, 1.807) is 19.2 Å². The van der Waals surface area contributed by atoms with Gasteiger partial charge in [0, 0.05) is 31.1 Å². The Hall–Kier alpha value is -1.62. The molecule has 1 aromatic heterocycles. The summed E-state index contributed by atoms with van der Waals surface area (Å²) in [7, 11) is 0. The lowest BCUT2D eigenvalue weighted by molar-refractivity contribution is -0.132. The summed E-state index contributed by atoms with van der Waals surface area (Å²) in [6, 6.07) is 1.90. The van der Waals surface area contributed by atoms with Gasteiger partial charge in [-0.3, -0.25) is 4.68 Å². The van der Waals surface area contributed by atoms with E-state index in [9.17, 15) is 4.79 Å². The van der Waals surface area contributed by atoms with Crippen LogP contribution in [0.5, 0.6) is 0 Å². The summed E-state index contributed by atoms with van der Waals surface area (Å²) in [6.45, 7) is 3.91. The van der Waals surface area contributed by atoms with Crippen molar-refractivity contribution in [3.8, 4) is 0 Å². The van der Waals surface area contributed by atoms with E-state index in [2.05, 4.69) is 10.4 Å². The highest BCUT2D eigenvalue weighted by molar-refractivity contribution is 5.85. The summed E-state index contributed by atoms with van der Waals surface area (Å²) in [4.78, 5) is 10.5. The van der Waals surface area contributed by atoms with E-state index in [-0.39, 0.29) is 0 Å². The Balaban J connectivity index is 2.04. The van der Waals surface area contributed by atoms with Crippen molar-refractivity contribution in [3.63, 3.8) is 0 Å². The van der Waals surface area contributed by atoms with Crippen molar-refractivity contribution in [2.24, 2.45) is 0 Å². The summed E-state index contributed by atoms with van der Waals surface area (Å²) in [5, 5.41) is 15.8. The van der Waals surface area contributed by atoms with Crippen LogP contribution >= 0.6 is 0 Å². The zero-order chi connectivity index (χ0) is 11.8. The van der Waals surface area contributed by atoms with Gasteiger partial charge in [-0.25, -0.2) is 4.79 Å². The van der Waals surface area contributed by atoms with Crippen molar-refractivity contribution in [2.75, 3.05) is 13.1 Å². The Bertz CT molecular complexity index is 344. The lowest BCUT2D eigenvalue weighted by atomic mass is 10.3. The van der Waals surface area contributed by atoms with Gasteiger partial charge in [0.25, 0.3) is 0 Å².